The van der Waals surface area contributed by atoms with Crippen LogP contribution in [-0.4, -0.2) is 22.3 Å². The van der Waals surface area contributed by atoms with Crippen molar-refractivity contribution in [2.75, 3.05) is 13.2 Å². The first-order valence-corrected chi connectivity index (χ1v) is 8.82. The Labute approximate surface area is 101 Å². The lowest BCUT2D eigenvalue weighted by molar-refractivity contribution is 0.135. The second-order valence-electron chi connectivity index (χ2n) is 4.24. The highest BCUT2D eigenvalue weighted by Gasteiger charge is 1.99. The van der Waals surface area contributed by atoms with Crippen LogP contribution in [0.5, 0.6) is 0 Å². The highest BCUT2D eigenvalue weighted by Crippen LogP contribution is 2.08. The number of ether oxygens (including phenoxy) is 1. The fourth-order valence-corrected chi connectivity index (χ4v) is 2.43. The Bertz CT molecular complexity index is 180. The van der Waals surface area contributed by atoms with E-state index in [9.17, 15) is 4.80 Å². The molecule has 0 spiro atoms. The summed E-state index contributed by atoms with van der Waals surface area (Å²) in [5.74, 6) is 0. The molecule has 0 aromatic rings. The highest BCUT2D eigenvalue weighted by molar-refractivity contribution is 6.48. The van der Waals surface area contributed by atoms with Gasteiger partial charge in [0.25, 0.3) is 0 Å². The number of unbranched alkanes of at least 4 members (excludes halogenated alkanes) is 5. The number of hydrogen-bond acceptors (Lipinski definition) is 2. The van der Waals surface area contributed by atoms with Crippen LogP contribution in [0.25, 0.3) is 0 Å². The van der Waals surface area contributed by atoms with Gasteiger partial charge in [0.2, 0.25) is 9.04 Å². The van der Waals surface area contributed by atoms with Crippen molar-refractivity contribution < 1.29 is 9.53 Å². The third-order valence-electron chi connectivity index (χ3n) is 2.51. The van der Waals surface area contributed by atoms with E-state index >= 15 is 0 Å². The van der Waals surface area contributed by atoms with Gasteiger partial charge in [-0.15, -0.1) is 0 Å². The van der Waals surface area contributed by atoms with Crippen molar-refractivity contribution in [1.29, 1.82) is 5.26 Å². The molecule has 1 atom stereocenters. The summed E-state index contributed by atoms with van der Waals surface area (Å²) in [6, 6.07) is 3.01. The Morgan fingerprint density at radius 1 is 1.06 bits per heavy atom. The maximum absolute atomic E-state index is 10.9. The first-order chi connectivity index (χ1) is 7.77. The summed E-state index contributed by atoms with van der Waals surface area (Å²) >= 11 is 0. The van der Waals surface area contributed by atoms with Crippen molar-refractivity contribution in [1.82, 2.24) is 0 Å². The Hall–Kier alpha value is -0.373. The molecular formula is C12H24NO2Si. The van der Waals surface area contributed by atoms with E-state index in [-0.39, 0.29) is 0 Å². The monoisotopic (exact) mass is 242 g/mol. The first kappa shape index (κ1) is 15.6. The zero-order valence-corrected chi connectivity index (χ0v) is 11.6. The second kappa shape index (κ2) is 12.7. The molecule has 1 radical (unpaired) electrons. The molecule has 0 saturated carbocycles. The SMILES string of the molecule is C[SiH]([O])CCCCCCCCOCCC#N. The lowest BCUT2D eigenvalue weighted by atomic mass is 10.1. The summed E-state index contributed by atoms with van der Waals surface area (Å²) < 4.78 is 5.27. The predicted molar refractivity (Wildman–Crippen MR) is 67.3 cm³/mol. The molecule has 0 fully saturated rings. The Morgan fingerprint density at radius 3 is 2.31 bits per heavy atom. The van der Waals surface area contributed by atoms with E-state index in [1.165, 1.54) is 25.7 Å². The second-order valence-corrected chi connectivity index (χ2v) is 6.44. The zero-order chi connectivity index (χ0) is 12.1. The first-order valence-electron chi connectivity index (χ1n) is 6.38. The highest BCUT2D eigenvalue weighted by atomic mass is 28.3. The Kier molecular flexibility index (Phi) is 12.4. The fraction of sp³-hybridized carbons (Fsp3) is 0.917. The number of nitrogens with zero attached hydrogens (tertiary/aromatic N) is 1. The summed E-state index contributed by atoms with van der Waals surface area (Å²) in [5.41, 5.74) is 0. The standard InChI is InChI=1S/C12H24NO2Si/c1-16(14)12-7-5-3-2-4-6-10-15-11-8-9-13/h16H,2-8,10-12H2,1H3. The quantitative estimate of drug-likeness (QED) is 0.413. The van der Waals surface area contributed by atoms with Gasteiger partial charge in [0.05, 0.1) is 19.1 Å². The zero-order valence-electron chi connectivity index (χ0n) is 10.4. The summed E-state index contributed by atoms with van der Waals surface area (Å²) in [6.45, 7) is 3.23. The van der Waals surface area contributed by atoms with Gasteiger partial charge in [-0.25, -0.2) is 0 Å². The molecule has 0 amide bonds. The molecule has 0 saturated heterocycles. The van der Waals surface area contributed by atoms with Gasteiger partial charge in [-0.05, 0) is 19.0 Å². The minimum absolute atomic E-state index is 0.497. The third-order valence-corrected chi connectivity index (χ3v) is 3.73. The van der Waals surface area contributed by atoms with E-state index < -0.39 is 9.04 Å². The molecule has 0 aliphatic carbocycles. The van der Waals surface area contributed by atoms with Crippen LogP contribution in [0, 0.1) is 11.3 Å². The van der Waals surface area contributed by atoms with E-state index in [1.807, 2.05) is 6.55 Å². The minimum Gasteiger partial charge on any atom is -0.380 e. The predicted octanol–water partition coefficient (Wildman–Crippen LogP) is 3.04. The topological polar surface area (TPSA) is 52.9 Å². The number of hydrogen-bond donors (Lipinski definition) is 0. The normalized spacial score (nSPS) is 12.3. The Morgan fingerprint density at radius 2 is 1.69 bits per heavy atom. The molecule has 3 nitrogen and oxygen atoms in total. The molecule has 0 aromatic carbocycles. The molecule has 4 heteroatoms. The molecule has 0 heterocycles. The molecule has 0 aliphatic heterocycles. The van der Waals surface area contributed by atoms with E-state index in [1.54, 1.807) is 0 Å². The van der Waals surface area contributed by atoms with Crippen molar-refractivity contribution >= 4 is 9.04 Å². The molecule has 0 aromatic heterocycles. The van der Waals surface area contributed by atoms with Crippen LogP contribution in [0.15, 0.2) is 0 Å². The summed E-state index contributed by atoms with van der Waals surface area (Å²) in [5, 5.41) is 8.28. The molecule has 1 unspecified atom stereocenters. The van der Waals surface area contributed by atoms with Crippen LogP contribution in [0.3, 0.4) is 0 Å². The van der Waals surface area contributed by atoms with Gasteiger partial charge >= 0.3 is 0 Å². The lowest BCUT2D eigenvalue weighted by Crippen LogP contribution is -2.01. The van der Waals surface area contributed by atoms with Crippen molar-refractivity contribution in [2.24, 2.45) is 0 Å². The van der Waals surface area contributed by atoms with Gasteiger partial charge in [0, 0.05) is 6.61 Å². The minimum atomic E-state index is -1.55. The maximum Gasteiger partial charge on any atom is 0.219 e. The van der Waals surface area contributed by atoms with Gasteiger partial charge in [-0.1, -0.05) is 32.1 Å². The summed E-state index contributed by atoms with van der Waals surface area (Å²) in [4.78, 5) is 10.9. The van der Waals surface area contributed by atoms with E-state index in [2.05, 4.69) is 6.07 Å². The maximum atomic E-state index is 10.9. The number of nitriles is 1. The Balaban J connectivity index is 2.91. The van der Waals surface area contributed by atoms with E-state index in [0.29, 0.717) is 13.0 Å². The summed E-state index contributed by atoms with van der Waals surface area (Å²) in [7, 11) is -1.55. The average Bonchev–Trinajstić information content (AvgIpc) is 2.25. The molecule has 0 aliphatic rings. The largest absolute Gasteiger partial charge is 0.380 e. The van der Waals surface area contributed by atoms with E-state index in [4.69, 9.17) is 10.00 Å². The van der Waals surface area contributed by atoms with Gasteiger partial charge in [0.1, 0.15) is 0 Å². The smallest absolute Gasteiger partial charge is 0.219 e. The number of rotatable bonds is 11. The van der Waals surface area contributed by atoms with Gasteiger partial charge < -0.3 is 9.53 Å². The van der Waals surface area contributed by atoms with Crippen molar-refractivity contribution in [3.8, 4) is 6.07 Å². The summed E-state index contributed by atoms with van der Waals surface area (Å²) in [6.07, 6.45) is 7.65. The van der Waals surface area contributed by atoms with Crippen molar-refractivity contribution in [3.63, 3.8) is 0 Å². The molecule has 0 bridgehead atoms. The van der Waals surface area contributed by atoms with Gasteiger partial charge in [-0.3, -0.25) is 0 Å². The van der Waals surface area contributed by atoms with Crippen LogP contribution < -0.4 is 0 Å². The molecule has 16 heavy (non-hydrogen) atoms. The van der Waals surface area contributed by atoms with Crippen LogP contribution in [-0.2, 0) is 9.53 Å². The van der Waals surface area contributed by atoms with Crippen molar-refractivity contribution in [3.05, 3.63) is 0 Å². The van der Waals surface area contributed by atoms with Crippen LogP contribution >= 0.6 is 0 Å². The molecule has 0 N–H and O–H groups in total. The average molecular weight is 242 g/mol. The lowest BCUT2D eigenvalue weighted by Gasteiger charge is -2.03. The van der Waals surface area contributed by atoms with Crippen molar-refractivity contribution in [2.45, 2.75) is 57.5 Å². The van der Waals surface area contributed by atoms with Crippen LogP contribution in [0.2, 0.25) is 12.6 Å². The van der Waals surface area contributed by atoms with E-state index in [0.717, 1.165) is 25.5 Å². The van der Waals surface area contributed by atoms with Gasteiger partial charge in [-0.2, -0.15) is 5.26 Å². The fourth-order valence-electron chi connectivity index (χ4n) is 1.56. The van der Waals surface area contributed by atoms with Crippen LogP contribution in [0.4, 0.5) is 0 Å². The molecule has 93 valence electrons. The van der Waals surface area contributed by atoms with Crippen LogP contribution in [0.1, 0.15) is 44.9 Å². The third kappa shape index (κ3) is 13.6. The molecular weight excluding hydrogens is 218 g/mol. The molecule has 0 rings (SSSR count). The van der Waals surface area contributed by atoms with Gasteiger partial charge in [0.15, 0.2) is 0 Å².